The maximum atomic E-state index is 5.22. The lowest BCUT2D eigenvalue weighted by atomic mass is 10.4. The fourth-order valence-electron chi connectivity index (χ4n) is 0.455. The first kappa shape index (κ1) is 9.92. The van der Waals surface area contributed by atoms with E-state index in [-0.39, 0.29) is 0 Å². The van der Waals surface area contributed by atoms with Gasteiger partial charge < -0.3 is 4.74 Å². The summed E-state index contributed by atoms with van der Waals surface area (Å²) in [6.07, 6.45) is 2.38. The largest absolute Gasteiger partial charge is 0.381 e. The molecule has 0 saturated carbocycles. The highest BCUT2D eigenvalue weighted by Gasteiger charge is 1.85. The first-order valence-corrected chi connectivity index (χ1v) is 5.35. The maximum Gasteiger partial charge on any atom is 0.0563 e. The van der Waals surface area contributed by atoms with Gasteiger partial charge >= 0.3 is 0 Å². The van der Waals surface area contributed by atoms with Crippen molar-refractivity contribution in [3.05, 3.63) is 0 Å². The molecular formula is C6H12Br2O. The summed E-state index contributed by atoms with van der Waals surface area (Å²) in [5.41, 5.74) is 0. The maximum absolute atomic E-state index is 5.22. The Morgan fingerprint density at radius 2 is 1.67 bits per heavy atom. The first-order chi connectivity index (χ1) is 4.41. The van der Waals surface area contributed by atoms with Gasteiger partial charge in [0.05, 0.1) is 6.61 Å². The lowest BCUT2D eigenvalue weighted by Crippen LogP contribution is -1.97. The topological polar surface area (TPSA) is 9.23 Å². The molecule has 0 aliphatic rings. The lowest BCUT2D eigenvalue weighted by molar-refractivity contribution is 0.148. The van der Waals surface area contributed by atoms with Gasteiger partial charge in [-0.25, -0.2) is 0 Å². The van der Waals surface area contributed by atoms with Gasteiger partial charge in [-0.1, -0.05) is 31.9 Å². The van der Waals surface area contributed by atoms with E-state index in [4.69, 9.17) is 4.74 Å². The van der Waals surface area contributed by atoms with E-state index in [1.165, 1.54) is 6.42 Å². The van der Waals surface area contributed by atoms with Crippen molar-refractivity contribution in [3.63, 3.8) is 0 Å². The van der Waals surface area contributed by atoms with Gasteiger partial charge in [0.1, 0.15) is 0 Å². The van der Waals surface area contributed by atoms with Gasteiger partial charge in [0.25, 0.3) is 0 Å². The number of rotatable bonds is 6. The van der Waals surface area contributed by atoms with Crippen LogP contribution in [0.25, 0.3) is 0 Å². The molecule has 0 saturated heterocycles. The molecule has 0 bridgehead atoms. The van der Waals surface area contributed by atoms with Gasteiger partial charge in [-0.15, -0.1) is 0 Å². The van der Waals surface area contributed by atoms with Crippen LogP contribution in [0.15, 0.2) is 0 Å². The van der Waals surface area contributed by atoms with Crippen LogP contribution in [0.2, 0.25) is 0 Å². The van der Waals surface area contributed by atoms with E-state index in [1.54, 1.807) is 0 Å². The molecule has 0 fully saturated rings. The summed E-state index contributed by atoms with van der Waals surface area (Å²) >= 11 is 6.64. The molecule has 0 aliphatic heterocycles. The number of hydrogen-bond acceptors (Lipinski definition) is 1. The number of hydrogen-bond donors (Lipinski definition) is 0. The van der Waals surface area contributed by atoms with E-state index < -0.39 is 0 Å². The number of alkyl halides is 2. The average Bonchev–Trinajstić information content (AvgIpc) is 1.89. The molecule has 0 unspecified atom stereocenters. The molecule has 0 aromatic carbocycles. The van der Waals surface area contributed by atoms with Gasteiger partial charge in [0.2, 0.25) is 0 Å². The molecule has 0 aromatic rings. The molecule has 0 amide bonds. The van der Waals surface area contributed by atoms with E-state index in [0.717, 1.165) is 30.3 Å². The predicted octanol–water partition coefficient (Wildman–Crippen LogP) is 2.57. The van der Waals surface area contributed by atoms with Crippen molar-refractivity contribution in [2.24, 2.45) is 0 Å². The molecule has 0 atom stereocenters. The van der Waals surface area contributed by atoms with Gasteiger partial charge in [-0.05, 0) is 12.8 Å². The fraction of sp³-hybridized carbons (Fsp3) is 1.00. The molecule has 0 aromatic heterocycles. The van der Waals surface area contributed by atoms with Gasteiger partial charge in [-0.2, -0.15) is 0 Å². The monoisotopic (exact) mass is 258 g/mol. The zero-order valence-electron chi connectivity index (χ0n) is 5.41. The van der Waals surface area contributed by atoms with Crippen molar-refractivity contribution >= 4 is 31.9 Å². The van der Waals surface area contributed by atoms with Crippen molar-refractivity contribution in [2.45, 2.75) is 12.8 Å². The lowest BCUT2D eigenvalue weighted by Gasteiger charge is -1.98. The highest BCUT2D eigenvalue weighted by molar-refractivity contribution is 9.09. The van der Waals surface area contributed by atoms with Crippen molar-refractivity contribution in [2.75, 3.05) is 23.9 Å². The third kappa shape index (κ3) is 8.92. The van der Waals surface area contributed by atoms with E-state index in [1.807, 2.05) is 0 Å². The second kappa shape index (κ2) is 8.92. The summed E-state index contributed by atoms with van der Waals surface area (Å²) in [7, 11) is 0. The van der Waals surface area contributed by atoms with Crippen molar-refractivity contribution in [1.82, 2.24) is 0 Å². The molecule has 0 heterocycles. The summed E-state index contributed by atoms with van der Waals surface area (Å²) in [6.45, 7) is 1.74. The molecule has 56 valence electrons. The second-order valence-corrected chi connectivity index (χ2v) is 3.28. The van der Waals surface area contributed by atoms with Crippen LogP contribution in [0.4, 0.5) is 0 Å². The van der Waals surface area contributed by atoms with Crippen LogP contribution in [0.5, 0.6) is 0 Å². The quantitative estimate of drug-likeness (QED) is 0.526. The van der Waals surface area contributed by atoms with E-state index in [9.17, 15) is 0 Å². The molecule has 0 rings (SSSR count). The summed E-state index contributed by atoms with van der Waals surface area (Å²) in [4.78, 5) is 0. The number of unbranched alkanes of at least 4 members (excludes halogenated alkanes) is 1. The average molecular weight is 260 g/mol. The Hall–Kier alpha value is 0.920. The highest BCUT2D eigenvalue weighted by Crippen LogP contribution is 1.94. The number of ether oxygens (including phenoxy) is 1. The Bertz CT molecular complexity index is 44.3. The van der Waals surface area contributed by atoms with Crippen LogP contribution in [-0.2, 0) is 4.74 Å². The van der Waals surface area contributed by atoms with Gasteiger partial charge in [0, 0.05) is 17.3 Å². The molecule has 1 nitrogen and oxygen atoms in total. The molecule has 0 spiro atoms. The van der Waals surface area contributed by atoms with Gasteiger partial charge in [0.15, 0.2) is 0 Å². The summed E-state index contributed by atoms with van der Waals surface area (Å²) < 4.78 is 5.22. The van der Waals surface area contributed by atoms with E-state index >= 15 is 0 Å². The Labute approximate surface area is 73.4 Å². The second-order valence-electron chi connectivity index (χ2n) is 1.70. The highest BCUT2D eigenvalue weighted by atomic mass is 79.9. The van der Waals surface area contributed by atoms with E-state index in [0.29, 0.717) is 0 Å². The van der Waals surface area contributed by atoms with Crippen LogP contribution in [0.1, 0.15) is 12.8 Å². The van der Waals surface area contributed by atoms with Crippen LogP contribution >= 0.6 is 31.9 Å². The predicted molar refractivity (Wildman–Crippen MR) is 47.6 cm³/mol. The summed E-state index contributed by atoms with van der Waals surface area (Å²) in [5.74, 6) is 0. The molecule has 9 heavy (non-hydrogen) atoms. The first-order valence-electron chi connectivity index (χ1n) is 3.11. The van der Waals surface area contributed by atoms with Crippen molar-refractivity contribution in [3.8, 4) is 0 Å². The molecular weight excluding hydrogens is 248 g/mol. The minimum Gasteiger partial charge on any atom is -0.381 e. The van der Waals surface area contributed by atoms with E-state index in [2.05, 4.69) is 31.9 Å². The Morgan fingerprint density at radius 3 is 2.22 bits per heavy atom. The Morgan fingerprint density at radius 1 is 0.889 bits per heavy atom. The third-order valence-corrected chi connectivity index (χ3v) is 1.78. The zero-order valence-corrected chi connectivity index (χ0v) is 8.58. The molecule has 0 radical (unpaired) electrons. The standard InChI is InChI=1S/C6H12Br2O/c7-3-1-2-5-9-6-4-8/h1-6H2. The van der Waals surface area contributed by atoms with Crippen molar-refractivity contribution in [1.29, 1.82) is 0 Å². The summed E-state index contributed by atoms with van der Waals surface area (Å²) in [6, 6.07) is 0. The number of halogens is 2. The molecule has 0 aliphatic carbocycles. The van der Waals surface area contributed by atoms with Crippen LogP contribution < -0.4 is 0 Å². The third-order valence-electron chi connectivity index (χ3n) is 0.894. The SMILES string of the molecule is BrCCCCOCCBr. The summed E-state index contributed by atoms with van der Waals surface area (Å²) in [5, 5.41) is 2.03. The zero-order chi connectivity index (χ0) is 6.95. The molecule has 3 heteroatoms. The normalized spacial score (nSPS) is 10.0. The Balaban J connectivity index is 2.60. The fourth-order valence-corrected chi connectivity index (χ4v) is 1.08. The van der Waals surface area contributed by atoms with Gasteiger partial charge in [-0.3, -0.25) is 0 Å². The minimum atomic E-state index is 0.836. The Kier molecular flexibility index (Phi) is 9.83. The van der Waals surface area contributed by atoms with Crippen LogP contribution in [-0.4, -0.2) is 23.9 Å². The molecule has 0 N–H and O–H groups in total. The van der Waals surface area contributed by atoms with Crippen molar-refractivity contribution < 1.29 is 4.74 Å². The van der Waals surface area contributed by atoms with Crippen LogP contribution in [0.3, 0.4) is 0 Å². The smallest absolute Gasteiger partial charge is 0.0563 e. The minimum absolute atomic E-state index is 0.836. The van der Waals surface area contributed by atoms with Crippen LogP contribution in [0, 0.1) is 0 Å².